The number of esters is 1. The Labute approximate surface area is 111 Å². The van der Waals surface area contributed by atoms with Crippen LogP contribution in [0.25, 0.3) is 0 Å². The Morgan fingerprint density at radius 1 is 1.11 bits per heavy atom. The van der Waals surface area contributed by atoms with Crippen LogP contribution in [0, 0.1) is 11.3 Å². The van der Waals surface area contributed by atoms with Crippen molar-refractivity contribution in [2.75, 3.05) is 7.11 Å². The molecule has 0 radical (unpaired) electrons. The van der Waals surface area contributed by atoms with Crippen molar-refractivity contribution in [2.45, 2.75) is 25.7 Å². The van der Waals surface area contributed by atoms with Crippen LogP contribution in [0.3, 0.4) is 0 Å². The lowest BCUT2D eigenvalue weighted by atomic mass is 9.97. The fraction of sp³-hybridized carbons (Fsp3) is 0.467. The van der Waals surface area contributed by atoms with E-state index in [2.05, 4.69) is 0 Å². The molecule has 3 rings (SSSR count). The molecular formula is C15H16O4. The van der Waals surface area contributed by atoms with E-state index < -0.39 is 11.4 Å². The summed E-state index contributed by atoms with van der Waals surface area (Å²) in [6, 6.07) is 6.80. The van der Waals surface area contributed by atoms with Crippen molar-refractivity contribution in [1.82, 2.24) is 0 Å². The number of carbonyl (C=O) groups is 2. The van der Waals surface area contributed by atoms with Crippen molar-refractivity contribution < 1.29 is 19.1 Å². The molecule has 2 aliphatic rings. The zero-order chi connectivity index (χ0) is 13.5. The second-order valence-corrected chi connectivity index (χ2v) is 5.29. The smallest absolute Gasteiger partial charge is 0.325 e. The van der Waals surface area contributed by atoms with Gasteiger partial charge >= 0.3 is 5.97 Å². The van der Waals surface area contributed by atoms with Gasteiger partial charge < -0.3 is 9.47 Å². The predicted octanol–water partition coefficient (Wildman–Crippen LogP) is 2.36. The van der Waals surface area contributed by atoms with Crippen LogP contribution in [0.1, 0.15) is 25.7 Å². The van der Waals surface area contributed by atoms with Gasteiger partial charge in [0.05, 0.1) is 7.11 Å². The summed E-state index contributed by atoms with van der Waals surface area (Å²) >= 11 is 0. The summed E-state index contributed by atoms with van der Waals surface area (Å²) in [5.74, 6) is 0.960. The molecule has 2 saturated carbocycles. The molecule has 0 aliphatic heterocycles. The Balaban J connectivity index is 1.68. The second kappa shape index (κ2) is 4.37. The molecule has 0 heterocycles. The molecule has 0 saturated heterocycles. The molecule has 2 aliphatic carbocycles. The molecule has 0 N–H and O–H groups in total. The Morgan fingerprint density at radius 3 is 2.16 bits per heavy atom. The Hall–Kier alpha value is -1.84. The SMILES string of the molecule is COc1ccc(OC(=O)C2(C(=O)C3CC3)CC2)cc1. The number of Topliss-reactive ketones (excluding diaryl/α,β-unsaturated/α-hetero) is 1. The minimum Gasteiger partial charge on any atom is -0.497 e. The summed E-state index contributed by atoms with van der Waals surface area (Å²) in [7, 11) is 1.58. The maximum absolute atomic E-state index is 12.2. The second-order valence-electron chi connectivity index (χ2n) is 5.29. The van der Waals surface area contributed by atoms with Crippen LogP contribution in [0.2, 0.25) is 0 Å². The van der Waals surface area contributed by atoms with Crippen molar-refractivity contribution in [1.29, 1.82) is 0 Å². The largest absolute Gasteiger partial charge is 0.497 e. The molecule has 0 amide bonds. The zero-order valence-corrected chi connectivity index (χ0v) is 10.8. The van der Waals surface area contributed by atoms with Crippen molar-refractivity contribution in [2.24, 2.45) is 11.3 Å². The van der Waals surface area contributed by atoms with Gasteiger partial charge in [-0.2, -0.15) is 0 Å². The summed E-state index contributed by atoms with van der Waals surface area (Å²) < 4.78 is 10.4. The predicted molar refractivity (Wildman–Crippen MR) is 68.0 cm³/mol. The molecule has 1 aromatic carbocycles. The van der Waals surface area contributed by atoms with Gasteiger partial charge in [-0.15, -0.1) is 0 Å². The van der Waals surface area contributed by atoms with Gasteiger partial charge in [-0.25, -0.2) is 0 Å². The first-order valence-electron chi connectivity index (χ1n) is 6.56. The Bertz CT molecular complexity index is 509. The number of carbonyl (C=O) groups excluding carboxylic acids is 2. The van der Waals surface area contributed by atoms with E-state index in [0.29, 0.717) is 24.3 Å². The molecule has 0 bridgehead atoms. The lowest BCUT2D eigenvalue weighted by Crippen LogP contribution is -2.31. The first-order valence-corrected chi connectivity index (χ1v) is 6.56. The summed E-state index contributed by atoms with van der Waals surface area (Å²) in [5.41, 5.74) is -0.832. The summed E-state index contributed by atoms with van der Waals surface area (Å²) in [5, 5.41) is 0. The number of hydrogen-bond donors (Lipinski definition) is 0. The van der Waals surface area contributed by atoms with Crippen LogP contribution < -0.4 is 9.47 Å². The third-order valence-corrected chi connectivity index (χ3v) is 3.83. The molecule has 0 unspecified atom stereocenters. The number of ether oxygens (including phenoxy) is 2. The van der Waals surface area contributed by atoms with Crippen LogP contribution in [0.5, 0.6) is 11.5 Å². The lowest BCUT2D eigenvalue weighted by Gasteiger charge is -2.12. The number of rotatable bonds is 5. The van der Waals surface area contributed by atoms with Crippen LogP contribution in [-0.2, 0) is 9.59 Å². The molecule has 4 heteroatoms. The summed E-state index contributed by atoms with van der Waals surface area (Å²) in [6.07, 6.45) is 3.13. The molecule has 1 aromatic rings. The summed E-state index contributed by atoms with van der Waals surface area (Å²) in [6.45, 7) is 0. The minimum absolute atomic E-state index is 0.0889. The molecular weight excluding hydrogens is 244 g/mol. The van der Waals surface area contributed by atoms with E-state index in [0.717, 1.165) is 12.8 Å². The molecule has 0 spiro atoms. The van der Waals surface area contributed by atoms with Crippen molar-refractivity contribution in [3.05, 3.63) is 24.3 Å². The van der Waals surface area contributed by atoms with Crippen molar-refractivity contribution in [3.8, 4) is 11.5 Å². The molecule has 100 valence electrons. The highest BCUT2D eigenvalue weighted by Gasteiger charge is 2.60. The third-order valence-electron chi connectivity index (χ3n) is 3.83. The van der Waals surface area contributed by atoms with E-state index in [-0.39, 0.29) is 11.7 Å². The van der Waals surface area contributed by atoms with Crippen LogP contribution in [0.15, 0.2) is 24.3 Å². The maximum Gasteiger partial charge on any atom is 0.325 e. The van der Waals surface area contributed by atoms with Crippen molar-refractivity contribution >= 4 is 11.8 Å². The van der Waals surface area contributed by atoms with E-state index in [9.17, 15) is 9.59 Å². The van der Waals surface area contributed by atoms with Gasteiger partial charge in [0, 0.05) is 5.92 Å². The fourth-order valence-electron chi connectivity index (χ4n) is 2.26. The van der Waals surface area contributed by atoms with E-state index >= 15 is 0 Å². The number of methoxy groups -OCH3 is 1. The van der Waals surface area contributed by atoms with Gasteiger partial charge in [-0.1, -0.05) is 0 Å². The Kier molecular flexibility index (Phi) is 2.81. The standard InChI is InChI=1S/C15H16O4/c1-18-11-4-6-12(7-5-11)19-14(17)15(8-9-15)13(16)10-2-3-10/h4-7,10H,2-3,8-9H2,1H3. The molecule has 19 heavy (non-hydrogen) atoms. The topological polar surface area (TPSA) is 52.6 Å². The monoisotopic (exact) mass is 260 g/mol. The number of hydrogen-bond acceptors (Lipinski definition) is 4. The number of benzene rings is 1. The van der Waals surface area contributed by atoms with E-state index in [4.69, 9.17) is 9.47 Å². The normalized spacial score (nSPS) is 19.6. The minimum atomic E-state index is -0.832. The van der Waals surface area contributed by atoms with Gasteiger partial charge in [0.15, 0.2) is 5.78 Å². The fourth-order valence-corrected chi connectivity index (χ4v) is 2.26. The molecule has 4 nitrogen and oxygen atoms in total. The first-order chi connectivity index (χ1) is 9.15. The van der Waals surface area contributed by atoms with Gasteiger partial charge in [0.25, 0.3) is 0 Å². The highest BCUT2D eigenvalue weighted by Crippen LogP contribution is 2.53. The lowest BCUT2D eigenvalue weighted by molar-refractivity contribution is -0.146. The maximum atomic E-state index is 12.2. The Morgan fingerprint density at radius 2 is 1.68 bits per heavy atom. The van der Waals surface area contributed by atoms with Gasteiger partial charge in [0.2, 0.25) is 0 Å². The van der Waals surface area contributed by atoms with Gasteiger partial charge in [0.1, 0.15) is 16.9 Å². The molecule has 0 atom stereocenters. The van der Waals surface area contributed by atoms with Crippen LogP contribution in [-0.4, -0.2) is 18.9 Å². The average Bonchev–Trinajstić information content (AvgIpc) is 3.31. The first kappa shape index (κ1) is 12.2. The molecule has 2 fully saturated rings. The molecule has 0 aromatic heterocycles. The average molecular weight is 260 g/mol. The number of ketones is 1. The highest BCUT2D eigenvalue weighted by molar-refractivity contribution is 6.09. The zero-order valence-electron chi connectivity index (χ0n) is 10.8. The quantitative estimate of drug-likeness (QED) is 0.463. The van der Waals surface area contributed by atoms with Gasteiger partial charge in [-0.3, -0.25) is 9.59 Å². The van der Waals surface area contributed by atoms with Gasteiger partial charge in [-0.05, 0) is 49.9 Å². The summed E-state index contributed by atoms with van der Waals surface area (Å²) in [4.78, 5) is 24.3. The van der Waals surface area contributed by atoms with Crippen LogP contribution in [0.4, 0.5) is 0 Å². The van der Waals surface area contributed by atoms with E-state index in [1.807, 2.05) is 0 Å². The third kappa shape index (κ3) is 2.23. The van der Waals surface area contributed by atoms with E-state index in [1.165, 1.54) is 0 Å². The van der Waals surface area contributed by atoms with E-state index in [1.54, 1.807) is 31.4 Å². The highest BCUT2D eigenvalue weighted by atomic mass is 16.5. The van der Waals surface area contributed by atoms with Crippen LogP contribution >= 0.6 is 0 Å². The van der Waals surface area contributed by atoms with Crippen molar-refractivity contribution in [3.63, 3.8) is 0 Å².